The Bertz CT molecular complexity index is 5370. The van der Waals surface area contributed by atoms with Crippen molar-refractivity contribution in [2.24, 2.45) is 0 Å². The lowest BCUT2D eigenvalue weighted by Gasteiger charge is -2.45. The molecule has 15 aromatic rings. The van der Waals surface area contributed by atoms with Gasteiger partial charge in [-0.05, 0) is 186 Å². The molecule has 0 radical (unpaired) electrons. The number of nitrogens with zero attached hydrogens (tertiary/aromatic N) is 3. The van der Waals surface area contributed by atoms with Gasteiger partial charge in [0, 0.05) is 79.6 Å². The quantitative estimate of drug-likeness (QED) is 0.154. The SMILES string of the molecule is CC(C)(C)c1cc2c3c(c1)N(c1cccc4sc5ccc(-c6ccccc6)cc5c14)c1cc(-n4c5ccc(C(C)(C)C)cc5c5cc(C(C)(C)C)ccc54)ccc1B3c1cc(-c3ccccc3)ccc1N2c1cccc2sc3ccc(-c4ccccc4)cc3c12. The van der Waals surface area contributed by atoms with E-state index in [1.54, 1.807) is 0 Å². The molecule has 0 saturated heterocycles. The Hall–Kier alpha value is -9.46. The molecule has 0 saturated carbocycles. The lowest BCUT2D eigenvalue weighted by molar-refractivity contribution is 0.590. The number of fused-ring (bicyclic) bond motifs is 13. The average Bonchev–Trinajstić information content (AvgIpc) is 0.814. The Kier molecular flexibility index (Phi) is 12.2. The van der Waals surface area contributed by atoms with Gasteiger partial charge in [0.1, 0.15) is 0 Å². The minimum atomic E-state index is -0.226. The summed E-state index contributed by atoms with van der Waals surface area (Å²) in [6.07, 6.45) is 0. The summed E-state index contributed by atoms with van der Waals surface area (Å²) < 4.78 is 7.66. The van der Waals surface area contributed by atoms with Crippen LogP contribution in [0, 0.1) is 0 Å². The maximum atomic E-state index is 2.70. The standard InChI is InChI=1S/C84H68BN3S2/c1-82(2,3)57-34-39-67-61(46-57)62-47-58(83(4,5)6)35-40-68(62)86(67)60-36-37-65-72(50-60)88(71-28-20-30-78-80(71)64-44-55(33-42-76(64)90-78)52-23-15-11-16-24-52)74-49-59(84(7,8)9)48-73-81(74)85(65)66-45-56(53-25-17-12-18-26-53)31-38-69(66)87(73)70-27-19-29-77-79(70)63-43-54(32-41-75(63)89-77)51-21-13-10-14-22-51/h10-50H,1-9H3. The number of benzene rings is 12. The summed E-state index contributed by atoms with van der Waals surface area (Å²) in [7, 11) is 0. The van der Waals surface area contributed by atoms with E-state index in [2.05, 4.69) is 325 Å². The van der Waals surface area contributed by atoms with Crippen LogP contribution in [0.25, 0.3) is 101 Å². The first-order valence-corrected chi connectivity index (χ1v) is 33.4. The summed E-state index contributed by atoms with van der Waals surface area (Å²) in [6, 6.07) is 95.4. The van der Waals surface area contributed by atoms with Crippen molar-refractivity contribution in [2.75, 3.05) is 9.80 Å². The molecule has 0 fully saturated rings. The van der Waals surface area contributed by atoms with Crippen LogP contribution in [0.3, 0.4) is 0 Å². The van der Waals surface area contributed by atoms with Gasteiger partial charge in [0.2, 0.25) is 0 Å². The van der Waals surface area contributed by atoms with Gasteiger partial charge in [-0.1, -0.05) is 208 Å². The second-order valence-corrected chi connectivity index (χ2v) is 30.3. The maximum Gasteiger partial charge on any atom is 0.252 e. The van der Waals surface area contributed by atoms with Gasteiger partial charge in [0.05, 0.1) is 22.4 Å². The normalized spacial score (nSPS) is 13.3. The highest BCUT2D eigenvalue weighted by molar-refractivity contribution is 7.26. The Morgan fingerprint density at radius 3 is 1.22 bits per heavy atom. The predicted octanol–water partition coefficient (Wildman–Crippen LogP) is 22.5. The van der Waals surface area contributed by atoms with Crippen LogP contribution >= 0.6 is 22.7 Å². The fourth-order valence-corrected chi connectivity index (χ4v) is 16.9. The van der Waals surface area contributed by atoms with E-state index in [4.69, 9.17) is 0 Å². The number of rotatable bonds is 6. The van der Waals surface area contributed by atoms with E-state index in [1.165, 1.54) is 163 Å². The molecule has 2 aliphatic heterocycles. The van der Waals surface area contributed by atoms with Gasteiger partial charge in [-0.2, -0.15) is 0 Å². The Morgan fingerprint density at radius 2 is 0.744 bits per heavy atom. The van der Waals surface area contributed by atoms with Crippen LogP contribution in [0.15, 0.2) is 249 Å². The molecule has 3 nitrogen and oxygen atoms in total. The van der Waals surface area contributed by atoms with Crippen molar-refractivity contribution in [3.63, 3.8) is 0 Å². The van der Waals surface area contributed by atoms with Gasteiger partial charge in [-0.3, -0.25) is 0 Å². The summed E-state index contributed by atoms with van der Waals surface area (Å²) in [5.41, 5.74) is 25.6. The van der Waals surface area contributed by atoms with Crippen LogP contribution in [0.1, 0.15) is 79.0 Å². The zero-order chi connectivity index (χ0) is 61.1. The third-order valence-electron chi connectivity index (χ3n) is 19.4. The minimum Gasteiger partial charge on any atom is -0.311 e. The molecule has 0 unspecified atom stereocenters. The third kappa shape index (κ3) is 8.59. The van der Waals surface area contributed by atoms with E-state index in [-0.39, 0.29) is 23.0 Å². The molecule has 3 aromatic heterocycles. The van der Waals surface area contributed by atoms with Crippen LogP contribution in [0.2, 0.25) is 0 Å². The lowest BCUT2D eigenvalue weighted by Crippen LogP contribution is -2.61. The van der Waals surface area contributed by atoms with Crippen molar-refractivity contribution >= 4 is 142 Å². The Morgan fingerprint density at radius 1 is 0.289 bits per heavy atom. The van der Waals surface area contributed by atoms with Crippen LogP contribution in [-0.2, 0) is 16.2 Å². The highest BCUT2D eigenvalue weighted by Gasteiger charge is 2.45. The first-order valence-electron chi connectivity index (χ1n) is 31.7. The summed E-state index contributed by atoms with van der Waals surface area (Å²) in [6.45, 7) is 21.0. The van der Waals surface area contributed by atoms with E-state index >= 15 is 0 Å². The van der Waals surface area contributed by atoms with Crippen LogP contribution in [0.5, 0.6) is 0 Å². The maximum absolute atomic E-state index is 2.70. The number of hydrogen-bond acceptors (Lipinski definition) is 4. The fourth-order valence-electron chi connectivity index (χ4n) is 14.7. The topological polar surface area (TPSA) is 11.4 Å². The molecule has 0 atom stereocenters. The van der Waals surface area contributed by atoms with Crippen molar-refractivity contribution in [3.05, 3.63) is 265 Å². The van der Waals surface area contributed by atoms with Crippen molar-refractivity contribution in [2.45, 2.75) is 78.6 Å². The van der Waals surface area contributed by atoms with Crippen molar-refractivity contribution < 1.29 is 0 Å². The van der Waals surface area contributed by atoms with Gasteiger partial charge in [-0.25, -0.2) is 0 Å². The molecule has 434 valence electrons. The fraction of sp³-hybridized carbons (Fsp3) is 0.143. The van der Waals surface area contributed by atoms with Crippen LogP contribution < -0.4 is 26.2 Å². The smallest absolute Gasteiger partial charge is 0.252 e. The molecule has 5 heterocycles. The highest BCUT2D eigenvalue weighted by Crippen LogP contribution is 2.53. The zero-order valence-corrected chi connectivity index (χ0v) is 54.0. The van der Waals surface area contributed by atoms with Gasteiger partial charge in [0.25, 0.3) is 6.71 Å². The van der Waals surface area contributed by atoms with Gasteiger partial charge >= 0.3 is 0 Å². The molecule has 12 aromatic carbocycles. The van der Waals surface area contributed by atoms with Gasteiger partial charge < -0.3 is 14.4 Å². The summed E-state index contributed by atoms with van der Waals surface area (Å²) in [5.74, 6) is 0. The summed E-state index contributed by atoms with van der Waals surface area (Å²) in [5, 5.41) is 7.65. The minimum absolute atomic E-state index is 0.0222. The second kappa shape index (κ2) is 20.0. The predicted molar refractivity (Wildman–Crippen MR) is 393 cm³/mol. The average molecular weight is 1190 g/mol. The second-order valence-electron chi connectivity index (χ2n) is 28.1. The molecular weight excluding hydrogens is 1130 g/mol. The lowest BCUT2D eigenvalue weighted by atomic mass is 9.33. The van der Waals surface area contributed by atoms with E-state index in [1.807, 2.05) is 22.7 Å². The number of hydrogen-bond donors (Lipinski definition) is 0. The van der Waals surface area contributed by atoms with Crippen LogP contribution in [0.4, 0.5) is 34.1 Å². The van der Waals surface area contributed by atoms with E-state index in [0.29, 0.717) is 0 Å². The van der Waals surface area contributed by atoms with Crippen molar-refractivity contribution in [1.82, 2.24) is 4.57 Å². The first kappa shape index (κ1) is 54.7. The van der Waals surface area contributed by atoms with Crippen LogP contribution in [-0.4, -0.2) is 11.3 Å². The van der Waals surface area contributed by atoms with E-state index in [9.17, 15) is 0 Å². The molecule has 0 bridgehead atoms. The zero-order valence-electron chi connectivity index (χ0n) is 52.4. The molecule has 0 aliphatic carbocycles. The third-order valence-corrected chi connectivity index (χ3v) is 21.7. The summed E-state index contributed by atoms with van der Waals surface area (Å²) in [4.78, 5) is 5.37. The molecule has 0 spiro atoms. The van der Waals surface area contributed by atoms with Gasteiger partial charge in [0.15, 0.2) is 0 Å². The first-order chi connectivity index (χ1) is 43.5. The monoisotopic (exact) mass is 1190 g/mol. The van der Waals surface area contributed by atoms with Gasteiger partial charge in [-0.15, -0.1) is 22.7 Å². The molecule has 6 heteroatoms. The van der Waals surface area contributed by atoms with E-state index in [0.717, 1.165) is 5.69 Å². The molecule has 17 rings (SSSR count). The number of thiophene rings is 2. The Labute approximate surface area is 535 Å². The van der Waals surface area contributed by atoms with E-state index < -0.39 is 0 Å². The number of anilines is 6. The molecule has 0 amide bonds. The Balaban J connectivity index is 0.998. The molecule has 2 aliphatic rings. The molecular formula is C84H68BN3S2. The summed E-state index contributed by atoms with van der Waals surface area (Å²) >= 11 is 3.79. The number of aromatic nitrogens is 1. The van der Waals surface area contributed by atoms with Crippen molar-refractivity contribution in [3.8, 4) is 39.1 Å². The molecule has 90 heavy (non-hydrogen) atoms. The largest absolute Gasteiger partial charge is 0.311 e. The molecule has 0 N–H and O–H groups in total. The highest BCUT2D eigenvalue weighted by atomic mass is 32.1. The van der Waals surface area contributed by atoms with Crippen molar-refractivity contribution in [1.29, 1.82) is 0 Å².